The van der Waals surface area contributed by atoms with Gasteiger partial charge in [-0.05, 0) is 49.6 Å². The molecule has 0 atom stereocenters. The third kappa shape index (κ3) is 4.45. The molecule has 8 heteroatoms. The Bertz CT molecular complexity index is 938. The summed E-state index contributed by atoms with van der Waals surface area (Å²) in [5, 5.41) is 2.71. The SMILES string of the molecule is COc1ccc(C(=O)Nc2ncccc2C)cc1S(=O)(=O)NC1CCCC1. The summed E-state index contributed by atoms with van der Waals surface area (Å²) in [7, 11) is -2.39. The third-order valence-electron chi connectivity index (χ3n) is 4.63. The van der Waals surface area contributed by atoms with Crippen molar-refractivity contribution in [2.24, 2.45) is 0 Å². The van der Waals surface area contributed by atoms with Gasteiger partial charge in [-0.25, -0.2) is 18.1 Å². The van der Waals surface area contributed by atoms with Gasteiger partial charge < -0.3 is 10.1 Å². The van der Waals surface area contributed by atoms with E-state index in [9.17, 15) is 13.2 Å². The van der Waals surface area contributed by atoms with Crippen LogP contribution in [0.2, 0.25) is 0 Å². The van der Waals surface area contributed by atoms with Gasteiger partial charge in [-0.15, -0.1) is 0 Å². The normalized spacial score (nSPS) is 14.9. The Balaban J connectivity index is 1.88. The summed E-state index contributed by atoms with van der Waals surface area (Å²) >= 11 is 0. The Hall–Kier alpha value is -2.45. The number of nitrogens with zero attached hydrogens (tertiary/aromatic N) is 1. The largest absolute Gasteiger partial charge is 0.495 e. The third-order valence-corrected chi connectivity index (χ3v) is 6.18. The van der Waals surface area contributed by atoms with Crippen molar-refractivity contribution in [3.8, 4) is 5.75 Å². The van der Waals surface area contributed by atoms with E-state index in [1.807, 2.05) is 13.0 Å². The lowest BCUT2D eigenvalue weighted by molar-refractivity contribution is 0.102. The van der Waals surface area contributed by atoms with Crippen LogP contribution in [-0.2, 0) is 10.0 Å². The molecule has 144 valence electrons. The van der Waals surface area contributed by atoms with E-state index >= 15 is 0 Å². The molecule has 0 bridgehead atoms. The highest BCUT2D eigenvalue weighted by Gasteiger charge is 2.26. The van der Waals surface area contributed by atoms with E-state index < -0.39 is 15.9 Å². The molecule has 2 N–H and O–H groups in total. The smallest absolute Gasteiger partial charge is 0.256 e. The molecule has 0 saturated heterocycles. The molecule has 2 aromatic rings. The number of carbonyl (C=O) groups excluding carboxylic acids is 1. The zero-order valence-corrected chi connectivity index (χ0v) is 16.2. The second-order valence-electron chi connectivity index (χ2n) is 6.59. The highest BCUT2D eigenvalue weighted by Crippen LogP contribution is 2.27. The van der Waals surface area contributed by atoms with Crippen LogP contribution in [0.15, 0.2) is 41.4 Å². The lowest BCUT2D eigenvalue weighted by atomic mass is 10.2. The lowest BCUT2D eigenvalue weighted by Gasteiger charge is -2.16. The second kappa shape index (κ2) is 8.06. The number of hydrogen-bond donors (Lipinski definition) is 2. The Kier molecular flexibility index (Phi) is 5.76. The van der Waals surface area contributed by atoms with Gasteiger partial charge in [0.05, 0.1) is 7.11 Å². The molecule has 0 radical (unpaired) electrons. The van der Waals surface area contributed by atoms with Crippen molar-refractivity contribution < 1.29 is 17.9 Å². The van der Waals surface area contributed by atoms with Crippen LogP contribution in [-0.4, -0.2) is 32.5 Å². The maximum absolute atomic E-state index is 12.8. The van der Waals surface area contributed by atoms with Crippen molar-refractivity contribution in [1.29, 1.82) is 0 Å². The second-order valence-corrected chi connectivity index (χ2v) is 8.27. The number of benzene rings is 1. The molecule has 3 rings (SSSR count). The molecule has 0 aliphatic heterocycles. The fourth-order valence-corrected chi connectivity index (χ4v) is 4.65. The summed E-state index contributed by atoms with van der Waals surface area (Å²) in [6.07, 6.45) is 5.24. The summed E-state index contributed by atoms with van der Waals surface area (Å²) in [6, 6.07) is 7.89. The average Bonchev–Trinajstić information content (AvgIpc) is 3.15. The average molecular weight is 389 g/mol. The Morgan fingerprint density at radius 1 is 1.22 bits per heavy atom. The molecular formula is C19H23N3O4S. The van der Waals surface area contributed by atoms with Crippen LogP contribution in [0.3, 0.4) is 0 Å². The molecule has 1 saturated carbocycles. The van der Waals surface area contributed by atoms with E-state index in [1.165, 1.54) is 25.3 Å². The predicted molar refractivity (Wildman–Crippen MR) is 102 cm³/mol. The molecule has 1 aliphatic carbocycles. The van der Waals surface area contributed by atoms with Crippen molar-refractivity contribution >= 4 is 21.7 Å². The van der Waals surface area contributed by atoms with Crippen molar-refractivity contribution in [1.82, 2.24) is 9.71 Å². The molecule has 1 fully saturated rings. The van der Waals surface area contributed by atoms with E-state index in [-0.39, 0.29) is 22.3 Å². The topological polar surface area (TPSA) is 97.4 Å². The quantitative estimate of drug-likeness (QED) is 0.792. The van der Waals surface area contributed by atoms with Gasteiger partial charge >= 0.3 is 0 Å². The number of sulfonamides is 1. The van der Waals surface area contributed by atoms with Crippen LogP contribution >= 0.6 is 0 Å². The number of methoxy groups -OCH3 is 1. The first kappa shape index (κ1) is 19.3. The van der Waals surface area contributed by atoms with Crippen molar-refractivity contribution in [2.75, 3.05) is 12.4 Å². The number of aromatic nitrogens is 1. The molecule has 0 unspecified atom stereocenters. The predicted octanol–water partition coefficient (Wildman–Crippen LogP) is 2.87. The molecule has 0 spiro atoms. The maximum Gasteiger partial charge on any atom is 0.256 e. The highest BCUT2D eigenvalue weighted by atomic mass is 32.2. The number of carbonyl (C=O) groups is 1. The van der Waals surface area contributed by atoms with Crippen LogP contribution in [0.5, 0.6) is 5.75 Å². The molecule has 1 aromatic heterocycles. The number of anilines is 1. The summed E-state index contributed by atoms with van der Waals surface area (Å²) < 4.78 is 33.6. The van der Waals surface area contributed by atoms with Gasteiger partial charge in [-0.2, -0.15) is 0 Å². The van der Waals surface area contributed by atoms with E-state index in [0.717, 1.165) is 31.2 Å². The Labute approximate surface area is 159 Å². The molecule has 27 heavy (non-hydrogen) atoms. The molecule has 1 aliphatic rings. The zero-order chi connectivity index (χ0) is 19.4. The number of nitrogens with one attached hydrogen (secondary N) is 2. The van der Waals surface area contributed by atoms with E-state index in [0.29, 0.717) is 5.82 Å². The van der Waals surface area contributed by atoms with Gasteiger partial charge in [0.2, 0.25) is 10.0 Å². The van der Waals surface area contributed by atoms with Gasteiger partial charge in [0.1, 0.15) is 16.5 Å². The van der Waals surface area contributed by atoms with Gasteiger partial charge in [-0.1, -0.05) is 18.9 Å². The summed E-state index contributed by atoms with van der Waals surface area (Å²) in [5.74, 6) is 0.203. The molecule has 1 heterocycles. The van der Waals surface area contributed by atoms with Crippen LogP contribution in [0.1, 0.15) is 41.6 Å². The lowest BCUT2D eigenvalue weighted by Crippen LogP contribution is -2.33. The van der Waals surface area contributed by atoms with Crippen LogP contribution < -0.4 is 14.8 Å². The fraction of sp³-hybridized carbons (Fsp3) is 0.368. The number of hydrogen-bond acceptors (Lipinski definition) is 5. The summed E-state index contributed by atoms with van der Waals surface area (Å²) in [5.41, 5.74) is 1.03. The number of pyridine rings is 1. The maximum atomic E-state index is 12.8. The standard InChI is InChI=1S/C19H23N3O4S/c1-13-6-5-11-20-18(13)21-19(23)14-9-10-16(26-2)17(12-14)27(24,25)22-15-7-3-4-8-15/h5-6,9-12,15,22H,3-4,7-8H2,1-2H3,(H,20,21,23). The first-order valence-corrected chi connectivity index (χ1v) is 10.3. The fourth-order valence-electron chi connectivity index (χ4n) is 3.15. The van der Waals surface area contributed by atoms with Gasteiger partial charge in [0, 0.05) is 17.8 Å². The molecule has 1 aromatic carbocycles. The first-order chi connectivity index (χ1) is 12.9. The minimum absolute atomic E-state index is 0.0395. The number of amides is 1. The van der Waals surface area contributed by atoms with E-state index in [1.54, 1.807) is 12.3 Å². The number of aryl methyl sites for hydroxylation is 1. The van der Waals surface area contributed by atoms with E-state index in [2.05, 4.69) is 15.0 Å². The summed E-state index contributed by atoms with van der Waals surface area (Å²) in [6.45, 7) is 1.83. The van der Waals surface area contributed by atoms with E-state index in [4.69, 9.17) is 4.74 Å². The minimum atomic E-state index is -3.79. The summed E-state index contributed by atoms with van der Waals surface area (Å²) in [4.78, 5) is 16.7. The van der Waals surface area contributed by atoms with Gasteiger partial charge in [-0.3, -0.25) is 4.79 Å². The zero-order valence-electron chi connectivity index (χ0n) is 15.4. The Morgan fingerprint density at radius 3 is 2.63 bits per heavy atom. The highest BCUT2D eigenvalue weighted by molar-refractivity contribution is 7.89. The monoisotopic (exact) mass is 389 g/mol. The van der Waals surface area contributed by atoms with Crippen LogP contribution in [0.25, 0.3) is 0 Å². The number of ether oxygens (including phenoxy) is 1. The minimum Gasteiger partial charge on any atom is -0.495 e. The van der Waals surface area contributed by atoms with Crippen LogP contribution in [0, 0.1) is 6.92 Å². The van der Waals surface area contributed by atoms with Gasteiger partial charge in [0.15, 0.2) is 0 Å². The van der Waals surface area contributed by atoms with Crippen molar-refractivity contribution in [2.45, 2.75) is 43.5 Å². The van der Waals surface area contributed by atoms with Gasteiger partial charge in [0.25, 0.3) is 5.91 Å². The molecular weight excluding hydrogens is 366 g/mol. The first-order valence-electron chi connectivity index (χ1n) is 8.84. The van der Waals surface area contributed by atoms with Crippen molar-refractivity contribution in [3.63, 3.8) is 0 Å². The van der Waals surface area contributed by atoms with Crippen molar-refractivity contribution in [3.05, 3.63) is 47.7 Å². The number of rotatable bonds is 6. The molecule has 1 amide bonds. The molecule has 7 nitrogen and oxygen atoms in total. The Morgan fingerprint density at radius 2 is 1.96 bits per heavy atom. The van der Waals surface area contributed by atoms with Crippen LogP contribution in [0.4, 0.5) is 5.82 Å².